The Balaban J connectivity index is 1.26. The van der Waals surface area contributed by atoms with Crippen molar-refractivity contribution in [2.75, 3.05) is 49.7 Å². The molecule has 0 spiro atoms. The van der Waals surface area contributed by atoms with Gasteiger partial charge in [0.05, 0.1) is 0 Å². The van der Waals surface area contributed by atoms with Crippen LogP contribution in [0.15, 0.2) is 42.5 Å². The number of piperazine rings is 1. The van der Waals surface area contributed by atoms with Crippen molar-refractivity contribution < 1.29 is 14.3 Å². The second kappa shape index (κ2) is 8.52. The Hall–Kier alpha value is -2.73. The van der Waals surface area contributed by atoms with E-state index in [9.17, 15) is 4.79 Å². The fraction of sp³-hybridized carbons (Fsp3) is 0.409. The number of amides is 1. The third-order valence-electron chi connectivity index (χ3n) is 5.41. The van der Waals surface area contributed by atoms with Crippen molar-refractivity contribution in [1.29, 1.82) is 0 Å². The normalized spacial score (nSPS) is 16.2. The molecule has 2 aromatic rings. The minimum atomic E-state index is 0.0157. The highest BCUT2D eigenvalue weighted by atomic mass is 16.7. The quantitative estimate of drug-likeness (QED) is 0.833. The third-order valence-corrected chi connectivity index (χ3v) is 5.41. The van der Waals surface area contributed by atoms with Gasteiger partial charge < -0.3 is 24.6 Å². The van der Waals surface area contributed by atoms with E-state index in [2.05, 4.69) is 34.2 Å². The van der Waals surface area contributed by atoms with Crippen LogP contribution in [0.2, 0.25) is 0 Å². The van der Waals surface area contributed by atoms with Crippen LogP contribution in [-0.4, -0.2) is 50.3 Å². The fourth-order valence-corrected chi connectivity index (χ4v) is 3.66. The highest BCUT2D eigenvalue weighted by Gasteiger charge is 2.16. The second-order valence-corrected chi connectivity index (χ2v) is 7.20. The predicted molar refractivity (Wildman–Crippen MR) is 110 cm³/mol. The molecule has 6 heteroatoms. The molecule has 0 aliphatic carbocycles. The van der Waals surface area contributed by atoms with E-state index in [1.165, 1.54) is 5.69 Å². The van der Waals surface area contributed by atoms with Crippen LogP contribution < -0.4 is 19.7 Å². The number of hydrogen-bond acceptors (Lipinski definition) is 5. The molecule has 2 aliphatic heterocycles. The summed E-state index contributed by atoms with van der Waals surface area (Å²) in [5, 5.41) is 2.99. The highest BCUT2D eigenvalue weighted by Crippen LogP contribution is 2.32. The monoisotopic (exact) mass is 381 g/mol. The zero-order valence-electron chi connectivity index (χ0n) is 16.3. The molecule has 0 aromatic heterocycles. The number of anilines is 2. The zero-order chi connectivity index (χ0) is 19.3. The van der Waals surface area contributed by atoms with Crippen LogP contribution >= 0.6 is 0 Å². The lowest BCUT2D eigenvalue weighted by molar-refractivity contribution is -0.116. The summed E-state index contributed by atoms with van der Waals surface area (Å²) >= 11 is 0. The molecular formula is C22H27N3O3. The molecule has 0 unspecified atom stereocenters. The van der Waals surface area contributed by atoms with Crippen LogP contribution in [0.5, 0.6) is 11.5 Å². The Labute approximate surface area is 166 Å². The van der Waals surface area contributed by atoms with Crippen LogP contribution in [0.4, 0.5) is 11.4 Å². The topological polar surface area (TPSA) is 54.0 Å². The number of carbonyl (C=O) groups excluding carboxylic acids is 1. The Morgan fingerprint density at radius 1 is 1.00 bits per heavy atom. The van der Waals surface area contributed by atoms with Crippen molar-refractivity contribution in [3.05, 3.63) is 48.0 Å². The average molecular weight is 381 g/mol. The van der Waals surface area contributed by atoms with Crippen molar-refractivity contribution in [1.82, 2.24) is 4.90 Å². The number of benzene rings is 2. The lowest BCUT2D eigenvalue weighted by Crippen LogP contribution is -2.46. The number of nitrogens with zero attached hydrogens (tertiary/aromatic N) is 2. The van der Waals surface area contributed by atoms with Crippen molar-refractivity contribution >= 4 is 17.3 Å². The number of rotatable bonds is 6. The molecule has 2 heterocycles. The maximum absolute atomic E-state index is 12.3. The van der Waals surface area contributed by atoms with Gasteiger partial charge in [0.1, 0.15) is 0 Å². The summed E-state index contributed by atoms with van der Waals surface area (Å²) in [5.74, 6) is 1.54. The molecule has 6 nitrogen and oxygen atoms in total. The summed E-state index contributed by atoms with van der Waals surface area (Å²) < 4.78 is 10.7. The van der Waals surface area contributed by atoms with Crippen LogP contribution in [-0.2, 0) is 11.2 Å². The van der Waals surface area contributed by atoms with Crippen molar-refractivity contribution in [3.8, 4) is 11.5 Å². The number of nitrogens with one attached hydrogen (secondary N) is 1. The lowest BCUT2D eigenvalue weighted by atomic mass is 10.1. The Morgan fingerprint density at radius 3 is 2.50 bits per heavy atom. The lowest BCUT2D eigenvalue weighted by Gasteiger charge is -2.35. The van der Waals surface area contributed by atoms with Crippen LogP contribution in [0, 0.1) is 0 Å². The smallest absolute Gasteiger partial charge is 0.231 e. The summed E-state index contributed by atoms with van der Waals surface area (Å²) in [6.45, 7) is 7.90. The van der Waals surface area contributed by atoms with Gasteiger partial charge in [0.2, 0.25) is 12.7 Å². The van der Waals surface area contributed by atoms with E-state index in [0.29, 0.717) is 12.8 Å². The maximum atomic E-state index is 12.3. The predicted octanol–water partition coefficient (Wildman–Crippen LogP) is 3.13. The first kappa shape index (κ1) is 18.6. The molecule has 1 saturated heterocycles. The molecule has 2 aliphatic rings. The first-order valence-electron chi connectivity index (χ1n) is 9.97. The van der Waals surface area contributed by atoms with E-state index in [4.69, 9.17) is 9.47 Å². The van der Waals surface area contributed by atoms with Gasteiger partial charge in [-0.25, -0.2) is 0 Å². The number of fused-ring (bicyclic) bond motifs is 1. The number of hydrogen-bond donors (Lipinski definition) is 1. The van der Waals surface area contributed by atoms with Gasteiger partial charge in [0, 0.05) is 44.0 Å². The van der Waals surface area contributed by atoms with E-state index in [0.717, 1.165) is 55.5 Å². The molecule has 2 aromatic carbocycles. The van der Waals surface area contributed by atoms with E-state index in [1.807, 2.05) is 30.3 Å². The minimum absolute atomic E-state index is 0.0157. The second-order valence-electron chi connectivity index (χ2n) is 7.20. The van der Waals surface area contributed by atoms with Crippen molar-refractivity contribution in [2.24, 2.45) is 0 Å². The number of aryl methyl sites for hydroxylation is 1. The summed E-state index contributed by atoms with van der Waals surface area (Å²) in [7, 11) is 0. The molecule has 1 N–H and O–H groups in total. The average Bonchev–Trinajstić information content (AvgIpc) is 3.21. The zero-order valence-corrected chi connectivity index (χ0v) is 16.3. The molecule has 0 bridgehead atoms. The van der Waals surface area contributed by atoms with Crippen LogP contribution in [0.25, 0.3) is 0 Å². The van der Waals surface area contributed by atoms with Crippen LogP contribution in [0.1, 0.15) is 18.9 Å². The first-order chi connectivity index (χ1) is 13.7. The molecule has 0 saturated carbocycles. The van der Waals surface area contributed by atoms with Gasteiger partial charge in [-0.2, -0.15) is 0 Å². The third kappa shape index (κ3) is 4.39. The SMILES string of the molecule is CCN1CCN(c2ccc(NC(=O)CCc3ccc4c(c3)OCO4)cc2)CC1. The fourth-order valence-electron chi connectivity index (χ4n) is 3.66. The van der Waals surface area contributed by atoms with Gasteiger partial charge in [-0.1, -0.05) is 13.0 Å². The van der Waals surface area contributed by atoms with Crippen molar-refractivity contribution in [3.63, 3.8) is 0 Å². The van der Waals surface area contributed by atoms with Gasteiger partial charge in [0.15, 0.2) is 11.5 Å². The maximum Gasteiger partial charge on any atom is 0.231 e. The standard InChI is InChI=1S/C22H27N3O3/c1-2-24-11-13-25(14-12-24)19-7-5-18(6-8-19)23-22(26)10-4-17-3-9-20-21(15-17)28-16-27-20/h3,5-9,15H,2,4,10-14,16H2,1H3,(H,23,26). The van der Waals surface area contributed by atoms with E-state index < -0.39 is 0 Å². The summed E-state index contributed by atoms with van der Waals surface area (Å²) in [6.07, 6.45) is 1.10. The Bertz CT molecular complexity index is 814. The molecule has 4 rings (SSSR count). The summed E-state index contributed by atoms with van der Waals surface area (Å²) in [4.78, 5) is 17.2. The first-order valence-corrected chi connectivity index (χ1v) is 9.97. The Kier molecular flexibility index (Phi) is 5.67. The van der Waals surface area contributed by atoms with E-state index in [1.54, 1.807) is 0 Å². The van der Waals surface area contributed by atoms with Gasteiger partial charge in [-0.15, -0.1) is 0 Å². The van der Waals surface area contributed by atoms with E-state index in [-0.39, 0.29) is 12.7 Å². The van der Waals surface area contributed by atoms with Gasteiger partial charge in [-0.3, -0.25) is 4.79 Å². The molecule has 0 atom stereocenters. The number of ether oxygens (including phenoxy) is 2. The molecule has 1 fully saturated rings. The highest BCUT2D eigenvalue weighted by molar-refractivity contribution is 5.91. The molecule has 148 valence electrons. The van der Waals surface area contributed by atoms with Gasteiger partial charge >= 0.3 is 0 Å². The molecule has 0 radical (unpaired) electrons. The molecule has 28 heavy (non-hydrogen) atoms. The van der Waals surface area contributed by atoms with Gasteiger partial charge in [0.25, 0.3) is 0 Å². The van der Waals surface area contributed by atoms with E-state index >= 15 is 0 Å². The number of carbonyl (C=O) groups is 1. The van der Waals surface area contributed by atoms with Crippen LogP contribution in [0.3, 0.4) is 0 Å². The minimum Gasteiger partial charge on any atom is -0.454 e. The molecule has 1 amide bonds. The van der Waals surface area contributed by atoms with Gasteiger partial charge in [-0.05, 0) is 54.9 Å². The summed E-state index contributed by atoms with van der Waals surface area (Å²) in [5.41, 5.74) is 3.13. The largest absolute Gasteiger partial charge is 0.454 e. The number of likely N-dealkylation sites (N-methyl/N-ethyl adjacent to an activating group) is 1. The Morgan fingerprint density at radius 2 is 1.75 bits per heavy atom. The van der Waals surface area contributed by atoms with Crippen molar-refractivity contribution in [2.45, 2.75) is 19.8 Å². The molecular weight excluding hydrogens is 354 g/mol. The summed E-state index contributed by atoms with van der Waals surface area (Å²) in [6, 6.07) is 14.0.